The van der Waals surface area contributed by atoms with Crippen molar-refractivity contribution in [3.63, 3.8) is 0 Å². The van der Waals surface area contributed by atoms with Crippen LogP contribution in [0.25, 0.3) is 42.2 Å². The lowest BCUT2D eigenvalue weighted by Crippen LogP contribution is -2.30. The van der Waals surface area contributed by atoms with Gasteiger partial charge in [-0.3, -0.25) is 0 Å². The Bertz CT molecular complexity index is 1480. The van der Waals surface area contributed by atoms with E-state index in [4.69, 9.17) is 9.97 Å². The summed E-state index contributed by atoms with van der Waals surface area (Å²) < 4.78 is 10.6. The average Bonchev–Trinajstić information content (AvgIpc) is 3.39. The Labute approximate surface area is 168 Å². The molecule has 0 aliphatic rings. The molecule has 0 N–H and O–H groups in total. The van der Waals surface area contributed by atoms with Gasteiger partial charge in [0.15, 0.2) is 5.52 Å². The van der Waals surface area contributed by atoms with E-state index < -0.39 is 0 Å². The average molecular weight is 400 g/mol. The van der Waals surface area contributed by atoms with E-state index in [1.807, 2.05) is 53.5 Å². The van der Waals surface area contributed by atoms with Crippen molar-refractivity contribution >= 4 is 54.1 Å². The Kier molecular flexibility index (Phi) is 3.44. The van der Waals surface area contributed by atoms with E-state index in [0.717, 1.165) is 42.2 Å². The van der Waals surface area contributed by atoms with Gasteiger partial charge in [-0.15, -0.1) is 0 Å². The van der Waals surface area contributed by atoms with E-state index in [1.54, 1.807) is 11.3 Å². The Morgan fingerprint density at radius 2 is 1.61 bits per heavy atom. The minimum absolute atomic E-state index is 0.897. The van der Waals surface area contributed by atoms with Gasteiger partial charge in [-0.2, -0.15) is 8.94 Å². The summed E-state index contributed by atoms with van der Waals surface area (Å²) >= 11 is 3.16. The molecule has 0 saturated heterocycles. The molecule has 0 fully saturated rings. The smallest absolute Gasteiger partial charge is 0.202 e. The van der Waals surface area contributed by atoms with Crippen molar-refractivity contribution in [1.29, 1.82) is 0 Å². The van der Waals surface area contributed by atoms with Gasteiger partial charge < -0.3 is 0 Å². The van der Waals surface area contributed by atoms with Crippen molar-refractivity contribution in [3.05, 3.63) is 79.5 Å². The third-order valence-corrected chi connectivity index (χ3v) is 6.45. The van der Waals surface area contributed by atoms with Crippen LogP contribution in [0, 0.1) is 0 Å². The van der Waals surface area contributed by atoms with Crippen LogP contribution in [-0.4, -0.2) is 14.3 Å². The number of thiazole rings is 1. The van der Waals surface area contributed by atoms with Crippen LogP contribution in [0.2, 0.25) is 0 Å². The molecule has 132 valence electrons. The summed E-state index contributed by atoms with van der Waals surface area (Å²) in [6, 6.07) is 16.4. The van der Waals surface area contributed by atoms with E-state index in [9.17, 15) is 0 Å². The highest BCUT2D eigenvalue weighted by Gasteiger charge is 2.19. The normalized spacial score (nSPS) is 11.6. The quantitative estimate of drug-likeness (QED) is 0.413. The summed E-state index contributed by atoms with van der Waals surface area (Å²) in [7, 11) is 0. The third kappa shape index (κ3) is 2.56. The number of rotatable bonds is 2. The van der Waals surface area contributed by atoms with Crippen molar-refractivity contribution in [2.24, 2.45) is 0 Å². The molecule has 1 aromatic carbocycles. The maximum atomic E-state index is 4.79. The molecule has 6 rings (SSSR count). The first kappa shape index (κ1) is 15.7. The highest BCUT2D eigenvalue weighted by Crippen LogP contribution is 2.22. The lowest BCUT2D eigenvalue weighted by molar-refractivity contribution is -0.597. The number of pyridine rings is 3. The van der Waals surface area contributed by atoms with Gasteiger partial charge in [-0.25, -0.2) is 4.57 Å². The molecule has 0 spiro atoms. The number of aromatic nitrogens is 5. The zero-order valence-electron chi connectivity index (χ0n) is 14.6. The molecular weight excluding hydrogens is 386 g/mol. The third-order valence-electron chi connectivity index (χ3n) is 4.69. The number of fused-ring (bicyclic) bond motifs is 3. The summed E-state index contributed by atoms with van der Waals surface area (Å²) in [6.45, 7) is 0. The van der Waals surface area contributed by atoms with Crippen LogP contribution in [0.3, 0.4) is 0 Å². The lowest BCUT2D eigenvalue weighted by Gasteiger charge is -1.96. The van der Waals surface area contributed by atoms with Gasteiger partial charge in [0.1, 0.15) is 23.3 Å². The summed E-state index contributed by atoms with van der Waals surface area (Å²) in [5.74, 6) is 0.897. The van der Waals surface area contributed by atoms with Crippen LogP contribution in [0.15, 0.2) is 79.5 Å². The molecule has 5 aromatic heterocycles. The Hall–Kier alpha value is -3.29. The fraction of sp³-hybridized carbons (Fsp3) is 0. The molecule has 28 heavy (non-hydrogen) atoms. The topological polar surface area (TPSA) is 46.4 Å². The van der Waals surface area contributed by atoms with E-state index in [0.29, 0.717) is 0 Å². The van der Waals surface area contributed by atoms with E-state index in [1.165, 1.54) is 11.5 Å². The standard InChI is InChI=1S/C21H13N5S2/c1-2-4-16-14(3-1)5-6-20(23-16)25-10-8-17-19(13-25)27-21(24-17)26-9-7-15-11-22-28-18(15)12-26/h1-13H/q+2. The predicted molar refractivity (Wildman–Crippen MR) is 111 cm³/mol. The highest BCUT2D eigenvalue weighted by atomic mass is 32.1. The largest absolute Gasteiger partial charge is 0.388 e. The lowest BCUT2D eigenvalue weighted by atomic mass is 10.2. The number of para-hydroxylation sites is 1. The molecule has 0 aliphatic heterocycles. The van der Waals surface area contributed by atoms with E-state index in [2.05, 4.69) is 39.5 Å². The van der Waals surface area contributed by atoms with E-state index in [-0.39, 0.29) is 0 Å². The first-order valence-corrected chi connectivity index (χ1v) is 10.4. The Morgan fingerprint density at radius 1 is 0.714 bits per heavy atom. The summed E-state index contributed by atoms with van der Waals surface area (Å²) in [5.41, 5.74) is 1.97. The fourth-order valence-corrected chi connectivity index (χ4v) is 4.86. The van der Waals surface area contributed by atoms with Gasteiger partial charge in [0.25, 0.3) is 0 Å². The van der Waals surface area contributed by atoms with Crippen LogP contribution in [0.5, 0.6) is 0 Å². The number of nitrogens with zero attached hydrogens (tertiary/aromatic N) is 5. The van der Waals surface area contributed by atoms with Crippen LogP contribution in [-0.2, 0) is 0 Å². The Morgan fingerprint density at radius 3 is 2.61 bits per heavy atom. The number of hydrogen-bond acceptors (Lipinski definition) is 5. The zero-order valence-corrected chi connectivity index (χ0v) is 16.2. The summed E-state index contributed by atoms with van der Waals surface area (Å²) in [5, 5.41) is 3.24. The van der Waals surface area contributed by atoms with Gasteiger partial charge in [-0.1, -0.05) is 18.2 Å². The first-order chi connectivity index (χ1) is 13.8. The molecule has 0 aliphatic carbocycles. The second-order valence-corrected chi connectivity index (χ2v) is 8.30. The minimum Gasteiger partial charge on any atom is -0.202 e. The second-order valence-electron chi connectivity index (χ2n) is 6.46. The van der Waals surface area contributed by atoms with Crippen molar-refractivity contribution in [1.82, 2.24) is 14.3 Å². The molecular formula is C21H13N5S2+2. The zero-order chi connectivity index (χ0) is 18.5. The predicted octanol–water partition coefficient (Wildman–Crippen LogP) is 4.01. The molecule has 6 aromatic rings. The molecule has 5 nitrogen and oxygen atoms in total. The molecule has 0 bridgehead atoms. The van der Waals surface area contributed by atoms with Crippen LogP contribution < -0.4 is 9.13 Å². The summed E-state index contributed by atoms with van der Waals surface area (Å²) in [4.78, 5) is 9.57. The first-order valence-electron chi connectivity index (χ1n) is 8.78. The van der Waals surface area contributed by atoms with Crippen LogP contribution >= 0.6 is 22.9 Å². The molecule has 5 heterocycles. The molecule has 0 amide bonds. The van der Waals surface area contributed by atoms with Gasteiger partial charge in [0.05, 0.1) is 10.9 Å². The highest BCUT2D eigenvalue weighted by molar-refractivity contribution is 7.20. The maximum Gasteiger partial charge on any atom is 0.388 e. The summed E-state index contributed by atoms with van der Waals surface area (Å²) in [6.07, 6.45) is 10.1. The van der Waals surface area contributed by atoms with Crippen LogP contribution in [0.1, 0.15) is 0 Å². The number of hydrogen-bond donors (Lipinski definition) is 0. The monoisotopic (exact) mass is 399 g/mol. The molecule has 0 atom stereocenters. The van der Waals surface area contributed by atoms with Crippen LogP contribution in [0.4, 0.5) is 0 Å². The van der Waals surface area contributed by atoms with Crippen molar-refractivity contribution in [2.45, 2.75) is 0 Å². The minimum atomic E-state index is 0.897. The van der Waals surface area contributed by atoms with Gasteiger partial charge >= 0.3 is 10.9 Å². The van der Waals surface area contributed by atoms with Crippen molar-refractivity contribution < 1.29 is 9.13 Å². The van der Waals surface area contributed by atoms with E-state index >= 15 is 0 Å². The number of benzene rings is 1. The molecule has 0 unspecified atom stereocenters. The molecule has 0 radical (unpaired) electrons. The van der Waals surface area contributed by atoms with Crippen molar-refractivity contribution in [2.75, 3.05) is 0 Å². The molecule has 7 heteroatoms. The van der Waals surface area contributed by atoms with Gasteiger partial charge in [0, 0.05) is 29.1 Å². The maximum absolute atomic E-state index is 4.79. The SMILES string of the molecule is c1ccc2nc(-[n+]3ccc4nc(-[n+]5ccc6cnsc6c5)sc4c3)ccc2c1. The van der Waals surface area contributed by atoms with Gasteiger partial charge in [-0.05, 0) is 51.0 Å². The second kappa shape index (κ2) is 6.12. The fourth-order valence-electron chi connectivity index (χ4n) is 3.24. The van der Waals surface area contributed by atoms with Crippen molar-refractivity contribution in [3.8, 4) is 10.9 Å². The Balaban J connectivity index is 1.45. The van der Waals surface area contributed by atoms with Gasteiger partial charge in [0.2, 0.25) is 5.52 Å². The molecule has 0 saturated carbocycles.